The molecule has 0 unspecified atom stereocenters. The van der Waals surface area contributed by atoms with E-state index in [0.29, 0.717) is 30.1 Å². The maximum absolute atomic E-state index is 12.8. The van der Waals surface area contributed by atoms with Crippen LogP contribution in [0.25, 0.3) is 11.1 Å². The second-order valence-corrected chi connectivity index (χ2v) is 8.15. The van der Waals surface area contributed by atoms with Crippen LogP contribution in [0.5, 0.6) is 0 Å². The Kier molecular flexibility index (Phi) is 4.80. The molecule has 1 N–H and O–H groups in total. The molecule has 0 bridgehead atoms. The number of nitrogens with one attached hydrogen (secondary N) is 1. The molecule has 0 spiro atoms. The van der Waals surface area contributed by atoms with Gasteiger partial charge in [-0.05, 0) is 44.0 Å². The van der Waals surface area contributed by atoms with Crippen LogP contribution in [0.4, 0.5) is 0 Å². The minimum atomic E-state index is -3.56. The van der Waals surface area contributed by atoms with Crippen LogP contribution in [0.3, 0.4) is 0 Å². The normalized spacial score (nSPS) is 17.6. The smallest absolute Gasteiger partial charge is 0.408 e. The largest absolute Gasteiger partial charge is 0.419 e. The van der Waals surface area contributed by atoms with E-state index in [-0.39, 0.29) is 4.90 Å². The van der Waals surface area contributed by atoms with E-state index >= 15 is 0 Å². The Labute approximate surface area is 141 Å². The van der Waals surface area contributed by atoms with Gasteiger partial charge in [-0.3, -0.25) is 4.57 Å². The third kappa shape index (κ3) is 3.13. The van der Waals surface area contributed by atoms with Gasteiger partial charge in [0.25, 0.3) is 0 Å². The highest BCUT2D eigenvalue weighted by Gasteiger charge is 2.29. The van der Waals surface area contributed by atoms with Crippen LogP contribution >= 0.6 is 0 Å². The first kappa shape index (κ1) is 17.2. The van der Waals surface area contributed by atoms with Crippen molar-refractivity contribution in [2.45, 2.75) is 24.7 Å². The van der Waals surface area contributed by atoms with Crippen LogP contribution in [0.1, 0.15) is 19.8 Å². The Bertz CT molecular complexity index is 876. The molecule has 2 heterocycles. The summed E-state index contributed by atoms with van der Waals surface area (Å²) in [6, 6.07) is 4.60. The number of sulfonamides is 1. The summed E-state index contributed by atoms with van der Waals surface area (Å²) >= 11 is 0. The van der Waals surface area contributed by atoms with E-state index in [4.69, 9.17) is 4.42 Å². The van der Waals surface area contributed by atoms with Crippen molar-refractivity contribution in [3.05, 3.63) is 28.7 Å². The number of aryl methyl sites for hydroxylation is 1. The number of hydrogen-bond acceptors (Lipinski definition) is 5. The first-order chi connectivity index (χ1) is 11.4. The fourth-order valence-corrected chi connectivity index (χ4v) is 4.61. The van der Waals surface area contributed by atoms with Gasteiger partial charge in [-0.1, -0.05) is 6.92 Å². The molecule has 3 rings (SSSR count). The minimum Gasteiger partial charge on any atom is -0.408 e. The SMILES string of the molecule is CCNCC1CCN(S(=O)(=O)c2ccc3c(c2)oc(=O)n3C)CC1. The topological polar surface area (TPSA) is 84.6 Å². The van der Waals surface area contributed by atoms with Crippen molar-refractivity contribution in [1.29, 1.82) is 0 Å². The molecule has 7 nitrogen and oxygen atoms in total. The van der Waals surface area contributed by atoms with E-state index in [1.54, 1.807) is 13.1 Å². The van der Waals surface area contributed by atoms with Gasteiger partial charge in [0, 0.05) is 26.2 Å². The molecule has 0 radical (unpaired) electrons. The summed E-state index contributed by atoms with van der Waals surface area (Å²) in [5.41, 5.74) is 0.883. The van der Waals surface area contributed by atoms with E-state index in [9.17, 15) is 13.2 Å². The van der Waals surface area contributed by atoms with Crippen LogP contribution in [0, 0.1) is 5.92 Å². The van der Waals surface area contributed by atoms with Gasteiger partial charge in [0.1, 0.15) is 0 Å². The molecule has 1 aromatic carbocycles. The van der Waals surface area contributed by atoms with Gasteiger partial charge in [-0.15, -0.1) is 0 Å². The average molecular weight is 353 g/mol. The molecular formula is C16H23N3O4S. The number of fused-ring (bicyclic) bond motifs is 1. The molecule has 1 saturated heterocycles. The first-order valence-electron chi connectivity index (χ1n) is 8.24. The molecule has 24 heavy (non-hydrogen) atoms. The van der Waals surface area contributed by atoms with Crippen LogP contribution in [-0.4, -0.2) is 43.5 Å². The van der Waals surface area contributed by atoms with Gasteiger partial charge < -0.3 is 9.73 Å². The highest BCUT2D eigenvalue weighted by Crippen LogP contribution is 2.25. The summed E-state index contributed by atoms with van der Waals surface area (Å²) in [6.07, 6.45) is 1.71. The van der Waals surface area contributed by atoms with Gasteiger partial charge in [0.05, 0.1) is 10.4 Å². The van der Waals surface area contributed by atoms with Crippen LogP contribution in [-0.2, 0) is 17.1 Å². The van der Waals surface area contributed by atoms with E-state index in [0.717, 1.165) is 25.9 Å². The minimum absolute atomic E-state index is 0.175. The molecule has 2 aromatic rings. The lowest BCUT2D eigenvalue weighted by Crippen LogP contribution is -2.40. The summed E-state index contributed by atoms with van der Waals surface area (Å²) in [5, 5.41) is 3.32. The van der Waals surface area contributed by atoms with Crippen molar-refractivity contribution >= 4 is 21.1 Å². The number of rotatable bonds is 5. The number of aromatic nitrogens is 1. The fourth-order valence-electron chi connectivity index (χ4n) is 3.13. The lowest BCUT2D eigenvalue weighted by atomic mass is 9.98. The van der Waals surface area contributed by atoms with Crippen molar-refractivity contribution in [3.8, 4) is 0 Å². The van der Waals surface area contributed by atoms with Gasteiger partial charge in [0.2, 0.25) is 10.0 Å². The van der Waals surface area contributed by atoms with Crippen molar-refractivity contribution in [3.63, 3.8) is 0 Å². The average Bonchev–Trinajstić information content (AvgIpc) is 2.87. The highest BCUT2D eigenvalue weighted by atomic mass is 32.2. The van der Waals surface area contributed by atoms with Gasteiger partial charge >= 0.3 is 5.76 Å². The molecule has 0 atom stereocenters. The lowest BCUT2D eigenvalue weighted by molar-refractivity contribution is 0.268. The quantitative estimate of drug-likeness (QED) is 0.871. The molecule has 0 aliphatic carbocycles. The van der Waals surface area contributed by atoms with Crippen LogP contribution in [0.15, 0.2) is 32.3 Å². The van der Waals surface area contributed by atoms with E-state index in [2.05, 4.69) is 12.2 Å². The predicted molar refractivity (Wildman–Crippen MR) is 91.5 cm³/mol. The number of benzene rings is 1. The predicted octanol–water partition coefficient (Wildman–Crippen LogP) is 1.14. The first-order valence-corrected chi connectivity index (χ1v) is 9.68. The number of nitrogens with zero attached hydrogens (tertiary/aromatic N) is 2. The fraction of sp³-hybridized carbons (Fsp3) is 0.562. The number of hydrogen-bond donors (Lipinski definition) is 1. The van der Waals surface area contributed by atoms with Crippen molar-refractivity contribution in [1.82, 2.24) is 14.2 Å². The summed E-state index contributed by atoms with van der Waals surface area (Å²) in [7, 11) is -1.96. The van der Waals surface area contributed by atoms with Crippen molar-refractivity contribution < 1.29 is 12.8 Å². The molecular weight excluding hydrogens is 330 g/mol. The Hall–Kier alpha value is -1.64. The zero-order chi connectivity index (χ0) is 17.3. The molecule has 1 aliphatic heterocycles. The van der Waals surface area contributed by atoms with Crippen LogP contribution in [0.2, 0.25) is 0 Å². The molecule has 132 valence electrons. The summed E-state index contributed by atoms with van der Waals surface area (Å²) < 4.78 is 33.6. The zero-order valence-corrected chi connectivity index (χ0v) is 14.8. The van der Waals surface area contributed by atoms with E-state index in [1.165, 1.54) is 21.0 Å². The second-order valence-electron chi connectivity index (χ2n) is 6.21. The molecule has 0 amide bonds. The standard InChI is InChI=1S/C16H23N3O4S/c1-3-17-11-12-6-8-19(9-7-12)24(21,22)13-4-5-14-15(10-13)23-16(20)18(14)2/h4-5,10,12,17H,3,6-9,11H2,1-2H3. The van der Waals surface area contributed by atoms with Crippen LogP contribution < -0.4 is 11.1 Å². The molecule has 1 fully saturated rings. The van der Waals surface area contributed by atoms with Gasteiger partial charge in [-0.2, -0.15) is 4.31 Å². The molecule has 1 aromatic heterocycles. The summed E-state index contributed by atoms with van der Waals surface area (Å²) in [4.78, 5) is 11.7. The van der Waals surface area contributed by atoms with Gasteiger partial charge in [0.15, 0.2) is 5.58 Å². The summed E-state index contributed by atoms with van der Waals surface area (Å²) in [6.45, 7) is 4.98. The number of oxazole rings is 1. The van der Waals surface area contributed by atoms with E-state index < -0.39 is 15.8 Å². The highest BCUT2D eigenvalue weighted by molar-refractivity contribution is 7.89. The second kappa shape index (κ2) is 6.70. The zero-order valence-electron chi connectivity index (χ0n) is 14.0. The Morgan fingerprint density at radius 3 is 2.67 bits per heavy atom. The number of piperidine rings is 1. The van der Waals surface area contributed by atoms with Gasteiger partial charge in [-0.25, -0.2) is 13.2 Å². The molecule has 0 saturated carbocycles. The van der Waals surface area contributed by atoms with Crippen molar-refractivity contribution in [2.75, 3.05) is 26.2 Å². The third-order valence-corrected chi connectivity index (χ3v) is 6.55. The molecule has 8 heteroatoms. The molecule has 1 aliphatic rings. The Morgan fingerprint density at radius 2 is 2.00 bits per heavy atom. The lowest BCUT2D eigenvalue weighted by Gasteiger charge is -2.31. The Morgan fingerprint density at radius 1 is 1.29 bits per heavy atom. The van der Waals surface area contributed by atoms with E-state index in [1.807, 2.05) is 0 Å². The van der Waals surface area contributed by atoms with Crippen molar-refractivity contribution in [2.24, 2.45) is 13.0 Å². The Balaban J connectivity index is 1.80. The monoisotopic (exact) mass is 353 g/mol. The third-order valence-electron chi connectivity index (χ3n) is 4.66. The maximum atomic E-state index is 12.8. The summed E-state index contributed by atoms with van der Waals surface area (Å²) in [5.74, 6) is 0.0230. The maximum Gasteiger partial charge on any atom is 0.419 e.